The number of pyridine rings is 1. The normalized spacial score (nSPS) is 16.3. The Balaban J connectivity index is 1.40. The lowest BCUT2D eigenvalue weighted by molar-refractivity contribution is -0.148. The molecule has 31 heavy (non-hydrogen) atoms. The number of aryl methyl sites for hydroxylation is 1. The van der Waals surface area contributed by atoms with Gasteiger partial charge >= 0.3 is 5.97 Å². The van der Waals surface area contributed by atoms with Crippen LogP contribution in [0.5, 0.6) is 0 Å². The number of hydrogen-bond acceptors (Lipinski definition) is 5. The molecule has 0 unspecified atom stereocenters. The monoisotopic (exact) mass is 419 g/mol. The van der Waals surface area contributed by atoms with E-state index >= 15 is 0 Å². The van der Waals surface area contributed by atoms with E-state index in [1.807, 2.05) is 50.2 Å². The first-order valence-corrected chi connectivity index (χ1v) is 10.9. The van der Waals surface area contributed by atoms with Crippen LogP contribution in [0.4, 0.5) is 11.4 Å². The number of fused-ring (bicyclic) bond motifs is 1. The number of aromatic nitrogens is 1. The Hall–Kier alpha value is -3.28. The minimum Gasteiger partial charge on any atom is -0.466 e. The standard InChI is InChI=1S/C25H29N3O3/c1-3-31-25(30)19-5-4-12-28(16-19)22-10-8-21(9-11-22)26-15-20-14-18-7-6-17(2)13-23(18)27-24(20)29/h6-11,13-14,19,26H,3-5,12,15-16H2,1-2H3,(H,27,29)/t19-/m1/s1. The van der Waals surface area contributed by atoms with Gasteiger partial charge in [0.1, 0.15) is 0 Å². The van der Waals surface area contributed by atoms with Crippen LogP contribution in [0.3, 0.4) is 0 Å². The summed E-state index contributed by atoms with van der Waals surface area (Å²) in [7, 11) is 0. The summed E-state index contributed by atoms with van der Waals surface area (Å²) in [4.78, 5) is 29.7. The lowest BCUT2D eigenvalue weighted by Gasteiger charge is -2.33. The number of esters is 1. The van der Waals surface area contributed by atoms with Crippen molar-refractivity contribution in [1.82, 2.24) is 4.98 Å². The fraction of sp³-hybridized carbons (Fsp3) is 0.360. The number of rotatable bonds is 6. The first-order valence-electron chi connectivity index (χ1n) is 10.9. The third-order valence-corrected chi connectivity index (χ3v) is 5.84. The number of benzene rings is 2. The fourth-order valence-electron chi connectivity index (χ4n) is 4.14. The molecule has 0 saturated carbocycles. The molecular weight excluding hydrogens is 390 g/mol. The predicted octanol–water partition coefficient (Wildman–Crippen LogP) is 4.23. The van der Waals surface area contributed by atoms with E-state index in [1.54, 1.807) is 0 Å². The molecule has 1 saturated heterocycles. The third kappa shape index (κ3) is 4.90. The van der Waals surface area contributed by atoms with Crippen molar-refractivity contribution in [1.29, 1.82) is 0 Å². The van der Waals surface area contributed by atoms with Crippen LogP contribution in [0, 0.1) is 12.8 Å². The fourth-order valence-corrected chi connectivity index (χ4v) is 4.14. The Morgan fingerprint density at radius 1 is 1.19 bits per heavy atom. The smallest absolute Gasteiger partial charge is 0.310 e. The van der Waals surface area contributed by atoms with Gasteiger partial charge in [-0.15, -0.1) is 0 Å². The molecule has 0 aliphatic carbocycles. The Morgan fingerprint density at radius 2 is 2.00 bits per heavy atom. The molecule has 1 fully saturated rings. The number of piperidine rings is 1. The largest absolute Gasteiger partial charge is 0.466 e. The summed E-state index contributed by atoms with van der Waals surface area (Å²) in [5, 5.41) is 4.37. The van der Waals surface area contributed by atoms with Gasteiger partial charge in [-0.1, -0.05) is 12.1 Å². The number of anilines is 2. The highest BCUT2D eigenvalue weighted by Gasteiger charge is 2.26. The van der Waals surface area contributed by atoms with Gasteiger partial charge in [-0.3, -0.25) is 9.59 Å². The van der Waals surface area contributed by atoms with E-state index in [0.29, 0.717) is 25.3 Å². The van der Waals surface area contributed by atoms with Gasteiger partial charge in [0.05, 0.1) is 12.5 Å². The second kappa shape index (κ2) is 9.25. The van der Waals surface area contributed by atoms with Crippen LogP contribution < -0.4 is 15.8 Å². The maximum atomic E-state index is 12.4. The maximum Gasteiger partial charge on any atom is 0.310 e. The van der Waals surface area contributed by atoms with Crippen molar-refractivity contribution in [2.45, 2.75) is 33.2 Å². The molecule has 0 amide bonds. The number of H-pyrrole nitrogens is 1. The van der Waals surface area contributed by atoms with Crippen molar-refractivity contribution in [3.05, 3.63) is 70.0 Å². The number of carbonyl (C=O) groups excluding carboxylic acids is 1. The highest BCUT2D eigenvalue weighted by molar-refractivity contribution is 5.79. The molecule has 4 rings (SSSR count). The van der Waals surface area contributed by atoms with Crippen molar-refractivity contribution < 1.29 is 9.53 Å². The SMILES string of the molecule is CCOC(=O)[C@@H]1CCCN(c2ccc(NCc3cc4ccc(C)cc4[nH]c3=O)cc2)C1. The molecule has 1 aliphatic rings. The van der Waals surface area contributed by atoms with Crippen molar-refractivity contribution >= 4 is 28.2 Å². The Bertz CT molecular complexity index is 1120. The summed E-state index contributed by atoms with van der Waals surface area (Å²) in [6, 6.07) is 16.2. The van der Waals surface area contributed by atoms with Gasteiger partial charge in [-0.05, 0) is 74.0 Å². The highest BCUT2D eigenvalue weighted by atomic mass is 16.5. The molecule has 162 valence electrons. The van der Waals surface area contributed by atoms with Gasteiger partial charge in [-0.2, -0.15) is 0 Å². The molecule has 3 aromatic rings. The molecule has 0 spiro atoms. The molecule has 2 heterocycles. The minimum absolute atomic E-state index is 0.0603. The Kier molecular flexibility index (Phi) is 6.26. The summed E-state index contributed by atoms with van der Waals surface area (Å²) in [5.41, 5.74) is 4.66. The van der Waals surface area contributed by atoms with E-state index in [-0.39, 0.29) is 17.4 Å². The average molecular weight is 420 g/mol. The van der Waals surface area contributed by atoms with Crippen molar-refractivity contribution in [2.75, 3.05) is 29.9 Å². The molecule has 0 radical (unpaired) electrons. The zero-order chi connectivity index (χ0) is 21.8. The lowest BCUT2D eigenvalue weighted by atomic mass is 9.97. The van der Waals surface area contributed by atoms with Gasteiger partial charge in [0.15, 0.2) is 0 Å². The quantitative estimate of drug-likeness (QED) is 0.585. The molecular formula is C25H29N3O3. The minimum atomic E-state index is -0.0961. The first-order chi connectivity index (χ1) is 15.0. The Morgan fingerprint density at radius 3 is 2.77 bits per heavy atom. The second-order valence-corrected chi connectivity index (χ2v) is 8.15. The van der Waals surface area contributed by atoms with E-state index in [9.17, 15) is 9.59 Å². The number of carbonyl (C=O) groups is 1. The van der Waals surface area contributed by atoms with E-state index in [0.717, 1.165) is 47.2 Å². The number of nitrogens with zero attached hydrogens (tertiary/aromatic N) is 1. The van der Waals surface area contributed by atoms with E-state index in [1.165, 1.54) is 0 Å². The van der Waals surface area contributed by atoms with Crippen LogP contribution in [0.25, 0.3) is 10.9 Å². The topological polar surface area (TPSA) is 74.4 Å². The van der Waals surface area contributed by atoms with E-state index in [4.69, 9.17) is 4.74 Å². The van der Waals surface area contributed by atoms with Crippen LogP contribution in [-0.4, -0.2) is 30.6 Å². The second-order valence-electron chi connectivity index (χ2n) is 8.15. The van der Waals surface area contributed by atoms with Crippen LogP contribution >= 0.6 is 0 Å². The number of ether oxygens (including phenoxy) is 1. The summed E-state index contributed by atoms with van der Waals surface area (Å²) >= 11 is 0. The molecule has 6 heteroatoms. The third-order valence-electron chi connectivity index (χ3n) is 5.84. The van der Waals surface area contributed by atoms with Crippen molar-refractivity contribution in [3.63, 3.8) is 0 Å². The number of aromatic amines is 1. The van der Waals surface area contributed by atoms with E-state index in [2.05, 4.69) is 27.3 Å². The Labute approximate surface area is 182 Å². The zero-order valence-electron chi connectivity index (χ0n) is 18.1. The summed E-state index contributed by atoms with van der Waals surface area (Å²) in [6.07, 6.45) is 1.86. The van der Waals surface area contributed by atoms with Crippen LogP contribution in [-0.2, 0) is 16.1 Å². The summed E-state index contributed by atoms with van der Waals surface area (Å²) < 4.78 is 5.20. The molecule has 2 aromatic carbocycles. The van der Waals surface area contributed by atoms with Crippen LogP contribution in [0.2, 0.25) is 0 Å². The lowest BCUT2D eigenvalue weighted by Crippen LogP contribution is -2.39. The molecule has 1 aliphatic heterocycles. The van der Waals surface area contributed by atoms with Crippen molar-refractivity contribution in [3.8, 4) is 0 Å². The van der Waals surface area contributed by atoms with Gasteiger partial charge < -0.3 is 19.9 Å². The van der Waals surface area contributed by atoms with E-state index < -0.39 is 0 Å². The molecule has 6 nitrogen and oxygen atoms in total. The van der Waals surface area contributed by atoms with Crippen LogP contribution in [0.15, 0.2) is 53.3 Å². The molecule has 0 bridgehead atoms. The maximum absolute atomic E-state index is 12.4. The zero-order valence-corrected chi connectivity index (χ0v) is 18.1. The highest BCUT2D eigenvalue weighted by Crippen LogP contribution is 2.25. The number of nitrogens with one attached hydrogen (secondary N) is 2. The van der Waals surface area contributed by atoms with Crippen LogP contribution in [0.1, 0.15) is 30.9 Å². The van der Waals surface area contributed by atoms with Gasteiger partial charge in [0.2, 0.25) is 0 Å². The van der Waals surface area contributed by atoms with Gasteiger partial charge in [0.25, 0.3) is 5.56 Å². The van der Waals surface area contributed by atoms with Gasteiger partial charge in [-0.25, -0.2) is 0 Å². The predicted molar refractivity (Wildman–Crippen MR) is 125 cm³/mol. The van der Waals surface area contributed by atoms with Gasteiger partial charge in [0, 0.05) is 42.1 Å². The summed E-state index contributed by atoms with van der Waals surface area (Å²) in [5.74, 6) is -0.156. The number of hydrogen-bond donors (Lipinski definition) is 2. The molecule has 1 aromatic heterocycles. The molecule has 1 atom stereocenters. The molecule has 2 N–H and O–H groups in total. The first kappa shape index (κ1) is 21.0. The summed E-state index contributed by atoms with van der Waals surface area (Å²) in [6.45, 7) is 6.36. The average Bonchev–Trinajstić information content (AvgIpc) is 2.78. The van der Waals surface area contributed by atoms with Crippen molar-refractivity contribution in [2.24, 2.45) is 5.92 Å².